The Hall–Kier alpha value is -1.46. The van der Waals surface area contributed by atoms with Crippen molar-refractivity contribution in [2.45, 2.75) is 19.9 Å². The van der Waals surface area contributed by atoms with Crippen LogP contribution in [0.4, 0.5) is 11.6 Å². The predicted molar refractivity (Wildman–Crippen MR) is 77.1 cm³/mol. The predicted octanol–water partition coefficient (Wildman–Crippen LogP) is 3.90. The van der Waals surface area contributed by atoms with E-state index < -0.39 is 0 Å². The van der Waals surface area contributed by atoms with Crippen LogP contribution in [0, 0.1) is 6.92 Å². The van der Waals surface area contributed by atoms with Gasteiger partial charge in [0.05, 0.1) is 16.2 Å². The van der Waals surface area contributed by atoms with E-state index in [2.05, 4.69) is 20.6 Å². The van der Waals surface area contributed by atoms with Crippen LogP contribution in [0.2, 0.25) is 10.0 Å². The maximum Gasteiger partial charge on any atom is 0.216 e. The van der Waals surface area contributed by atoms with Crippen molar-refractivity contribution >= 4 is 34.8 Å². The van der Waals surface area contributed by atoms with Crippen LogP contribution in [0.15, 0.2) is 16.7 Å². The van der Waals surface area contributed by atoms with E-state index in [1.165, 1.54) is 0 Å². The fraction of sp³-hybridized carbons (Fsp3) is 0.333. The number of hydrogen-bond acceptors (Lipinski definition) is 5. The lowest BCUT2D eigenvalue weighted by Gasteiger charge is -2.14. The summed E-state index contributed by atoms with van der Waals surface area (Å²) >= 11 is 12.1. The number of nitrogens with zero attached hydrogens (tertiary/aromatic N) is 2. The van der Waals surface area contributed by atoms with Gasteiger partial charge in [0.2, 0.25) is 5.89 Å². The quantitative estimate of drug-likeness (QED) is 0.896. The zero-order valence-corrected chi connectivity index (χ0v) is 12.3. The zero-order valence-electron chi connectivity index (χ0n) is 10.8. The molecule has 0 fully saturated rings. The molecule has 0 radical (unpaired) electrons. The van der Waals surface area contributed by atoms with Crippen molar-refractivity contribution in [3.05, 3.63) is 34.0 Å². The highest BCUT2D eigenvalue weighted by Gasteiger charge is 2.15. The van der Waals surface area contributed by atoms with Gasteiger partial charge in [-0.15, -0.1) is 0 Å². The van der Waals surface area contributed by atoms with E-state index in [-0.39, 0.29) is 6.04 Å². The molecule has 1 atom stereocenters. The molecule has 0 amide bonds. The molecular weight excluding hydrogens is 287 g/mol. The summed E-state index contributed by atoms with van der Waals surface area (Å²) in [5.74, 6) is 2.43. The number of aromatic nitrogens is 2. The molecule has 0 aliphatic heterocycles. The molecule has 2 aromatic rings. The van der Waals surface area contributed by atoms with Crippen LogP contribution in [-0.4, -0.2) is 17.0 Å². The number of nitrogens with one attached hydrogen (secondary N) is 2. The molecule has 0 aliphatic carbocycles. The van der Waals surface area contributed by atoms with E-state index in [0.717, 1.165) is 5.76 Å². The van der Waals surface area contributed by atoms with Gasteiger partial charge in [0.15, 0.2) is 0 Å². The summed E-state index contributed by atoms with van der Waals surface area (Å²) in [6, 6.07) is 1.49. The number of pyridine rings is 1. The lowest BCUT2D eigenvalue weighted by Crippen LogP contribution is -2.09. The van der Waals surface area contributed by atoms with Crippen LogP contribution < -0.4 is 10.6 Å². The Morgan fingerprint density at radius 2 is 1.95 bits per heavy atom. The molecule has 2 heterocycles. The molecule has 19 heavy (non-hydrogen) atoms. The first-order valence-electron chi connectivity index (χ1n) is 5.74. The minimum absolute atomic E-state index is 0.149. The Kier molecular flexibility index (Phi) is 4.17. The van der Waals surface area contributed by atoms with Crippen LogP contribution in [0.5, 0.6) is 0 Å². The first-order chi connectivity index (χ1) is 9.01. The van der Waals surface area contributed by atoms with Crippen molar-refractivity contribution in [3.63, 3.8) is 0 Å². The highest BCUT2D eigenvalue weighted by molar-refractivity contribution is 6.37. The fourth-order valence-corrected chi connectivity index (χ4v) is 2.09. The van der Waals surface area contributed by atoms with E-state index >= 15 is 0 Å². The second-order valence-electron chi connectivity index (χ2n) is 4.07. The number of anilines is 2. The largest absolute Gasteiger partial charge is 0.444 e. The molecule has 1 unspecified atom stereocenters. The molecule has 0 aliphatic rings. The Labute approximate surface area is 121 Å². The monoisotopic (exact) mass is 300 g/mol. The third-order valence-electron chi connectivity index (χ3n) is 2.53. The summed E-state index contributed by atoms with van der Waals surface area (Å²) < 4.78 is 5.45. The molecule has 0 saturated heterocycles. The van der Waals surface area contributed by atoms with Gasteiger partial charge in [-0.3, -0.25) is 0 Å². The number of hydrogen-bond donors (Lipinski definition) is 2. The third-order valence-corrected chi connectivity index (χ3v) is 3.11. The van der Waals surface area contributed by atoms with Crippen molar-refractivity contribution in [1.29, 1.82) is 0 Å². The number of aryl methyl sites for hydroxylation is 1. The van der Waals surface area contributed by atoms with Crippen LogP contribution in [0.25, 0.3) is 0 Å². The summed E-state index contributed by atoms with van der Waals surface area (Å²) in [7, 11) is 1.74. The van der Waals surface area contributed by atoms with Gasteiger partial charge >= 0.3 is 0 Å². The maximum atomic E-state index is 6.11. The first kappa shape index (κ1) is 14.0. The van der Waals surface area contributed by atoms with Gasteiger partial charge in [-0.1, -0.05) is 23.2 Å². The van der Waals surface area contributed by atoms with E-state index in [1.807, 2.05) is 13.8 Å². The maximum absolute atomic E-state index is 6.11. The normalized spacial score (nSPS) is 12.3. The second-order valence-corrected chi connectivity index (χ2v) is 4.89. The molecule has 0 spiro atoms. The summed E-state index contributed by atoms with van der Waals surface area (Å²) in [5, 5.41) is 6.96. The summed E-state index contributed by atoms with van der Waals surface area (Å²) in [4.78, 5) is 8.47. The van der Waals surface area contributed by atoms with Crippen molar-refractivity contribution < 1.29 is 4.42 Å². The average Bonchev–Trinajstić information content (AvgIpc) is 2.79. The van der Waals surface area contributed by atoms with Crippen LogP contribution in [0.3, 0.4) is 0 Å². The smallest absolute Gasteiger partial charge is 0.216 e. The van der Waals surface area contributed by atoms with Crippen LogP contribution in [0.1, 0.15) is 24.6 Å². The van der Waals surface area contributed by atoms with Gasteiger partial charge in [0.1, 0.15) is 23.4 Å². The Bertz CT molecular complexity index is 585. The summed E-state index contributed by atoms with van der Waals surface area (Å²) in [5.41, 5.74) is 0. The molecule has 0 aromatic carbocycles. The van der Waals surface area contributed by atoms with E-state index in [0.29, 0.717) is 27.6 Å². The summed E-state index contributed by atoms with van der Waals surface area (Å²) in [6.45, 7) is 3.76. The molecule has 7 heteroatoms. The molecule has 0 saturated carbocycles. The van der Waals surface area contributed by atoms with Gasteiger partial charge in [-0.25, -0.2) is 9.97 Å². The highest BCUT2D eigenvalue weighted by atomic mass is 35.5. The van der Waals surface area contributed by atoms with Gasteiger partial charge in [-0.2, -0.15) is 0 Å². The standard InChI is InChI=1S/C12H14Cl2N4O/c1-6-5-16-12(19-6)7(2)17-11-9(14)4-8(13)10(15-3)18-11/h4-5,7H,1-3H3,(H2,15,17,18). The minimum Gasteiger partial charge on any atom is -0.444 e. The third kappa shape index (κ3) is 3.11. The van der Waals surface area contributed by atoms with Crippen molar-refractivity contribution in [2.24, 2.45) is 0 Å². The van der Waals surface area contributed by atoms with Gasteiger partial charge in [-0.05, 0) is 19.9 Å². The molecule has 2 rings (SSSR count). The van der Waals surface area contributed by atoms with E-state index in [4.69, 9.17) is 27.6 Å². The van der Waals surface area contributed by atoms with Crippen LogP contribution in [-0.2, 0) is 0 Å². The second kappa shape index (κ2) is 5.67. The molecule has 2 N–H and O–H groups in total. The molecule has 2 aromatic heterocycles. The Morgan fingerprint density at radius 3 is 2.53 bits per heavy atom. The fourth-order valence-electron chi connectivity index (χ4n) is 1.58. The molecule has 0 bridgehead atoms. The Balaban J connectivity index is 2.23. The van der Waals surface area contributed by atoms with E-state index in [9.17, 15) is 0 Å². The zero-order chi connectivity index (χ0) is 14.0. The summed E-state index contributed by atoms with van der Waals surface area (Å²) in [6.07, 6.45) is 1.67. The van der Waals surface area contributed by atoms with Gasteiger partial charge in [0, 0.05) is 7.05 Å². The average molecular weight is 301 g/mol. The van der Waals surface area contributed by atoms with Crippen LogP contribution >= 0.6 is 23.2 Å². The molecule has 5 nitrogen and oxygen atoms in total. The van der Waals surface area contributed by atoms with Crippen molar-refractivity contribution in [1.82, 2.24) is 9.97 Å². The number of halogens is 2. The SMILES string of the molecule is CNc1nc(NC(C)c2ncc(C)o2)c(Cl)cc1Cl. The first-order valence-corrected chi connectivity index (χ1v) is 6.49. The molecular formula is C12H14Cl2N4O. The Morgan fingerprint density at radius 1 is 1.26 bits per heavy atom. The minimum atomic E-state index is -0.149. The lowest BCUT2D eigenvalue weighted by atomic mass is 10.3. The van der Waals surface area contributed by atoms with Crippen molar-refractivity contribution in [3.8, 4) is 0 Å². The van der Waals surface area contributed by atoms with Gasteiger partial charge in [0.25, 0.3) is 0 Å². The number of oxazole rings is 1. The van der Waals surface area contributed by atoms with E-state index in [1.54, 1.807) is 19.3 Å². The topological polar surface area (TPSA) is 63.0 Å². The molecule has 102 valence electrons. The van der Waals surface area contributed by atoms with Gasteiger partial charge < -0.3 is 15.1 Å². The lowest BCUT2D eigenvalue weighted by molar-refractivity contribution is 0.453. The highest BCUT2D eigenvalue weighted by Crippen LogP contribution is 2.30. The van der Waals surface area contributed by atoms with Crippen molar-refractivity contribution in [2.75, 3.05) is 17.7 Å². The number of rotatable bonds is 4.